The molecule has 1 fully saturated rings. The van der Waals surface area contributed by atoms with Gasteiger partial charge in [0, 0.05) is 38.5 Å². The van der Waals surface area contributed by atoms with E-state index in [0.717, 1.165) is 37.2 Å². The van der Waals surface area contributed by atoms with Gasteiger partial charge in [0.15, 0.2) is 0 Å². The number of hydrogen-bond acceptors (Lipinski definition) is 3. The number of carbonyl (C=O) groups is 2. The summed E-state index contributed by atoms with van der Waals surface area (Å²) < 4.78 is 5.14. The highest BCUT2D eigenvalue weighted by atomic mass is 16.5. The van der Waals surface area contributed by atoms with Crippen LogP contribution in [0.1, 0.15) is 32.3 Å². The lowest BCUT2D eigenvalue weighted by Gasteiger charge is -2.23. The molecule has 0 bridgehead atoms. The monoisotopic (exact) mass is 332 g/mol. The number of amides is 2. The molecule has 5 nitrogen and oxygen atoms in total. The summed E-state index contributed by atoms with van der Waals surface area (Å²) in [5.74, 6) is 1.20. The second-order valence-electron chi connectivity index (χ2n) is 6.56. The van der Waals surface area contributed by atoms with Crippen molar-refractivity contribution in [2.75, 3.05) is 33.3 Å². The van der Waals surface area contributed by atoms with E-state index in [0.29, 0.717) is 19.5 Å². The zero-order valence-corrected chi connectivity index (χ0v) is 15.0. The Morgan fingerprint density at radius 2 is 1.67 bits per heavy atom. The van der Waals surface area contributed by atoms with Gasteiger partial charge in [-0.05, 0) is 30.5 Å². The predicted molar refractivity (Wildman–Crippen MR) is 93.9 cm³/mol. The topological polar surface area (TPSA) is 49.9 Å². The van der Waals surface area contributed by atoms with Crippen molar-refractivity contribution in [2.24, 2.45) is 5.92 Å². The van der Waals surface area contributed by atoms with Crippen LogP contribution in [0.25, 0.3) is 0 Å². The third kappa shape index (κ3) is 4.98. The van der Waals surface area contributed by atoms with Crippen LogP contribution in [-0.4, -0.2) is 54.9 Å². The SMILES string of the molecule is COc1ccc(CCC(=O)N2CCCN(C(=O)C(C)C)CC2)cc1. The van der Waals surface area contributed by atoms with Crippen molar-refractivity contribution in [1.82, 2.24) is 9.80 Å². The van der Waals surface area contributed by atoms with Crippen molar-refractivity contribution in [3.05, 3.63) is 29.8 Å². The Kier molecular flexibility index (Phi) is 6.64. The van der Waals surface area contributed by atoms with Crippen LogP contribution in [0.3, 0.4) is 0 Å². The Morgan fingerprint density at radius 3 is 2.29 bits per heavy atom. The van der Waals surface area contributed by atoms with Crippen molar-refractivity contribution in [3.63, 3.8) is 0 Å². The highest BCUT2D eigenvalue weighted by molar-refractivity contribution is 5.79. The summed E-state index contributed by atoms with van der Waals surface area (Å²) in [4.78, 5) is 28.3. The van der Waals surface area contributed by atoms with Crippen molar-refractivity contribution in [1.29, 1.82) is 0 Å². The van der Waals surface area contributed by atoms with Crippen LogP contribution in [0.2, 0.25) is 0 Å². The molecule has 2 amide bonds. The summed E-state index contributed by atoms with van der Waals surface area (Å²) in [6, 6.07) is 7.83. The van der Waals surface area contributed by atoms with Crippen molar-refractivity contribution < 1.29 is 14.3 Å². The van der Waals surface area contributed by atoms with E-state index in [4.69, 9.17) is 4.74 Å². The van der Waals surface area contributed by atoms with E-state index in [2.05, 4.69) is 0 Å². The summed E-state index contributed by atoms with van der Waals surface area (Å²) in [5.41, 5.74) is 1.13. The first-order chi connectivity index (χ1) is 11.5. The minimum Gasteiger partial charge on any atom is -0.497 e. The molecule has 0 atom stereocenters. The van der Waals surface area contributed by atoms with E-state index in [1.807, 2.05) is 47.9 Å². The second kappa shape index (κ2) is 8.71. The lowest BCUT2D eigenvalue weighted by Crippen LogP contribution is -2.39. The fourth-order valence-corrected chi connectivity index (χ4v) is 2.95. The number of rotatable bonds is 5. The van der Waals surface area contributed by atoms with E-state index in [-0.39, 0.29) is 17.7 Å². The van der Waals surface area contributed by atoms with Gasteiger partial charge in [-0.15, -0.1) is 0 Å². The number of benzene rings is 1. The zero-order chi connectivity index (χ0) is 17.5. The molecule has 0 spiro atoms. The summed E-state index contributed by atoms with van der Waals surface area (Å²) in [6.07, 6.45) is 2.09. The average molecular weight is 332 g/mol. The van der Waals surface area contributed by atoms with Crippen LogP contribution < -0.4 is 4.74 Å². The standard InChI is InChI=1S/C19H28N2O3/c1-15(2)19(23)21-12-4-11-20(13-14-21)18(22)10-7-16-5-8-17(24-3)9-6-16/h5-6,8-9,15H,4,7,10-14H2,1-3H3. The molecule has 1 heterocycles. The van der Waals surface area contributed by atoms with Gasteiger partial charge in [0.05, 0.1) is 7.11 Å². The lowest BCUT2D eigenvalue weighted by molar-refractivity contribution is -0.135. The molecular weight excluding hydrogens is 304 g/mol. The molecule has 1 saturated heterocycles. The van der Waals surface area contributed by atoms with Gasteiger partial charge in [0.25, 0.3) is 0 Å². The highest BCUT2D eigenvalue weighted by Gasteiger charge is 2.23. The largest absolute Gasteiger partial charge is 0.497 e. The van der Waals surface area contributed by atoms with Crippen LogP contribution >= 0.6 is 0 Å². The number of hydrogen-bond donors (Lipinski definition) is 0. The molecule has 1 aromatic carbocycles. The van der Waals surface area contributed by atoms with E-state index in [1.54, 1.807) is 7.11 Å². The third-order valence-corrected chi connectivity index (χ3v) is 4.44. The van der Waals surface area contributed by atoms with Gasteiger partial charge >= 0.3 is 0 Å². The van der Waals surface area contributed by atoms with Crippen LogP contribution in [-0.2, 0) is 16.0 Å². The number of ether oxygens (including phenoxy) is 1. The van der Waals surface area contributed by atoms with Crippen molar-refractivity contribution in [2.45, 2.75) is 33.1 Å². The van der Waals surface area contributed by atoms with E-state index >= 15 is 0 Å². The Labute approximate surface area is 144 Å². The molecule has 0 aliphatic carbocycles. The first-order valence-electron chi connectivity index (χ1n) is 8.70. The fourth-order valence-electron chi connectivity index (χ4n) is 2.95. The fraction of sp³-hybridized carbons (Fsp3) is 0.579. The van der Waals surface area contributed by atoms with Crippen LogP contribution in [0.15, 0.2) is 24.3 Å². The van der Waals surface area contributed by atoms with Crippen molar-refractivity contribution >= 4 is 11.8 Å². The molecular formula is C19H28N2O3. The van der Waals surface area contributed by atoms with Crippen molar-refractivity contribution in [3.8, 4) is 5.75 Å². The lowest BCUT2D eigenvalue weighted by atomic mass is 10.1. The first-order valence-corrected chi connectivity index (χ1v) is 8.70. The maximum Gasteiger partial charge on any atom is 0.225 e. The summed E-state index contributed by atoms with van der Waals surface area (Å²) in [7, 11) is 1.64. The molecule has 24 heavy (non-hydrogen) atoms. The average Bonchev–Trinajstić information content (AvgIpc) is 2.85. The summed E-state index contributed by atoms with van der Waals surface area (Å²) >= 11 is 0. The Hall–Kier alpha value is -2.04. The van der Waals surface area contributed by atoms with Gasteiger partial charge in [-0.1, -0.05) is 26.0 Å². The van der Waals surface area contributed by atoms with Gasteiger partial charge in [0.1, 0.15) is 5.75 Å². The molecule has 1 aliphatic rings. The molecule has 0 unspecified atom stereocenters. The van der Waals surface area contributed by atoms with Gasteiger partial charge in [-0.3, -0.25) is 9.59 Å². The summed E-state index contributed by atoms with van der Waals surface area (Å²) in [6.45, 7) is 6.61. The van der Waals surface area contributed by atoms with Gasteiger partial charge in [0.2, 0.25) is 11.8 Å². The first kappa shape index (κ1) is 18.3. The smallest absolute Gasteiger partial charge is 0.225 e. The molecule has 5 heteroatoms. The van der Waals surface area contributed by atoms with Crippen LogP contribution in [0, 0.1) is 5.92 Å². The molecule has 0 N–H and O–H groups in total. The third-order valence-electron chi connectivity index (χ3n) is 4.44. The number of carbonyl (C=O) groups excluding carboxylic acids is 2. The number of nitrogens with zero attached hydrogens (tertiary/aromatic N) is 2. The minimum atomic E-state index is 0.0160. The van der Waals surface area contributed by atoms with E-state index < -0.39 is 0 Å². The number of methoxy groups -OCH3 is 1. The van der Waals surface area contributed by atoms with E-state index in [9.17, 15) is 9.59 Å². The molecule has 0 saturated carbocycles. The Balaban J connectivity index is 1.82. The number of aryl methyl sites for hydroxylation is 1. The molecule has 0 aromatic heterocycles. The van der Waals surface area contributed by atoms with Gasteiger partial charge < -0.3 is 14.5 Å². The van der Waals surface area contributed by atoms with Crippen LogP contribution in [0.4, 0.5) is 0 Å². The summed E-state index contributed by atoms with van der Waals surface area (Å²) in [5, 5.41) is 0. The van der Waals surface area contributed by atoms with Gasteiger partial charge in [-0.2, -0.15) is 0 Å². The van der Waals surface area contributed by atoms with Gasteiger partial charge in [-0.25, -0.2) is 0 Å². The second-order valence-corrected chi connectivity index (χ2v) is 6.56. The molecule has 0 radical (unpaired) electrons. The highest BCUT2D eigenvalue weighted by Crippen LogP contribution is 2.14. The van der Waals surface area contributed by atoms with Crippen LogP contribution in [0.5, 0.6) is 5.75 Å². The molecule has 2 rings (SSSR count). The maximum absolute atomic E-state index is 12.5. The Bertz CT molecular complexity index is 554. The molecule has 132 valence electrons. The minimum absolute atomic E-state index is 0.0160. The Morgan fingerprint density at radius 1 is 1.04 bits per heavy atom. The maximum atomic E-state index is 12.5. The predicted octanol–water partition coefficient (Wildman–Crippen LogP) is 2.34. The molecule has 1 aliphatic heterocycles. The molecule has 1 aromatic rings. The van der Waals surface area contributed by atoms with E-state index in [1.165, 1.54) is 0 Å². The normalized spacial score (nSPS) is 15.3. The zero-order valence-electron chi connectivity index (χ0n) is 15.0. The quantitative estimate of drug-likeness (QED) is 0.832.